The van der Waals surface area contributed by atoms with Gasteiger partial charge in [-0.25, -0.2) is 0 Å². The van der Waals surface area contributed by atoms with Crippen LogP contribution in [-0.4, -0.2) is 17.7 Å². The number of aliphatic carboxylic acids is 1. The molecule has 29 heavy (non-hydrogen) atoms. The molecule has 0 amide bonds. The molecule has 1 aromatic rings. The van der Waals surface area contributed by atoms with E-state index < -0.39 is 5.97 Å². The van der Waals surface area contributed by atoms with Crippen LogP contribution in [-0.2, 0) is 16.3 Å². The van der Waals surface area contributed by atoms with E-state index in [2.05, 4.69) is 43.5 Å². The lowest BCUT2D eigenvalue weighted by Crippen LogP contribution is -1.98. The van der Waals surface area contributed by atoms with Crippen molar-refractivity contribution in [3.8, 4) is 5.75 Å². The highest BCUT2D eigenvalue weighted by Gasteiger charge is 2.01. The first-order chi connectivity index (χ1) is 14.2. The van der Waals surface area contributed by atoms with Crippen LogP contribution < -0.4 is 4.74 Å². The van der Waals surface area contributed by atoms with E-state index >= 15 is 0 Å². The van der Waals surface area contributed by atoms with Gasteiger partial charge in [-0.15, -0.1) is 0 Å². The molecule has 0 bridgehead atoms. The second-order valence-corrected chi connectivity index (χ2v) is 8.52. The van der Waals surface area contributed by atoms with Crippen molar-refractivity contribution in [1.29, 1.82) is 0 Å². The van der Waals surface area contributed by atoms with E-state index in [1.807, 2.05) is 0 Å². The molecule has 0 saturated carbocycles. The summed E-state index contributed by atoms with van der Waals surface area (Å²) in [7, 11) is 0. The van der Waals surface area contributed by atoms with E-state index in [0.717, 1.165) is 43.1 Å². The minimum Gasteiger partial charge on any atom is -0.494 e. The fourth-order valence-corrected chi connectivity index (χ4v) is 3.87. The molecule has 0 aliphatic rings. The topological polar surface area (TPSA) is 46.5 Å². The van der Waals surface area contributed by atoms with Gasteiger partial charge in [-0.05, 0) is 36.1 Å². The largest absolute Gasteiger partial charge is 0.494 e. The molecule has 3 nitrogen and oxygen atoms in total. The molecule has 0 aliphatic heterocycles. The third-order valence-corrected chi connectivity index (χ3v) is 5.93. The highest BCUT2D eigenvalue weighted by Crippen LogP contribution is 2.20. The van der Waals surface area contributed by atoms with Crippen LogP contribution in [0.2, 0.25) is 0 Å². The quantitative estimate of drug-likeness (QED) is 0.154. The highest BCUT2D eigenvalue weighted by molar-refractivity contribution is 7.79. The molecule has 5 heteroatoms. The van der Waals surface area contributed by atoms with E-state index in [4.69, 9.17) is 9.84 Å². The number of unbranched alkanes of at least 4 members (excludes halogenated alkanes) is 12. The fourth-order valence-electron chi connectivity index (χ4n) is 3.51. The second-order valence-electron chi connectivity index (χ2n) is 7.89. The number of carbonyl (C=O) groups is 1. The Kier molecular flexibility index (Phi) is 16.3. The van der Waals surface area contributed by atoms with Crippen LogP contribution in [0.5, 0.6) is 5.75 Å². The minimum absolute atomic E-state index is 0.326. The van der Waals surface area contributed by atoms with Crippen LogP contribution in [0.25, 0.3) is 0 Å². The van der Waals surface area contributed by atoms with Crippen molar-refractivity contribution in [2.24, 2.45) is 0 Å². The van der Waals surface area contributed by atoms with E-state index in [0.29, 0.717) is 6.42 Å². The Morgan fingerprint density at radius 1 is 0.690 bits per heavy atom. The standard InChI is InChI=1S/C24H40O3S2/c25-24(26)14-12-10-8-6-4-2-1-3-5-7-9-11-13-15-27-23-17-21(19-28)16-22(18-23)20-29/h16-18,28-29H,1-15,19-20H2,(H,25,26). The van der Waals surface area contributed by atoms with Gasteiger partial charge in [0.25, 0.3) is 0 Å². The lowest BCUT2D eigenvalue weighted by Gasteiger charge is -2.10. The van der Waals surface area contributed by atoms with Crippen LogP contribution >= 0.6 is 25.3 Å². The highest BCUT2D eigenvalue weighted by atomic mass is 32.1. The Labute approximate surface area is 188 Å². The molecule has 0 aliphatic carbocycles. The smallest absolute Gasteiger partial charge is 0.303 e. The molecule has 1 N–H and O–H groups in total. The zero-order valence-corrected chi connectivity index (χ0v) is 19.7. The van der Waals surface area contributed by atoms with Crippen molar-refractivity contribution in [1.82, 2.24) is 0 Å². The van der Waals surface area contributed by atoms with Gasteiger partial charge in [0.2, 0.25) is 0 Å². The van der Waals surface area contributed by atoms with Gasteiger partial charge in [0.1, 0.15) is 5.75 Å². The third-order valence-electron chi connectivity index (χ3n) is 5.19. The van der Waals surface area contributed by atoms with Crippen LogP contribution in [0.1, 0.15) is 101 Å². The van der Waals surface area contributed by atoms with Gasteiger partial charge in [0.15, 0.2) is 0 Å². The Morgan fingerprint density at radius 2 is 1.10 bits per heavy atom. The third kappa shape index (κ3) is 14.8. The number of ether oxygens (including phenoxy) is 1. The molecule has 1 aromatic carbocycles. The molecule has 0 aromatic heterocycles. The molecule has 0 radical (unpaired) electrons. The molecule has 0 saturated heterocycles. The molecule has 0 spiro atoms. The van der Waals surface area contributed by atoms with Crippen LogP contribution in [0.4, 0.5) is 0 Å². The monoisotopic (exact) mass is 440 g/mol. The number of rotatable bonds is 19. The van der Waals surface area contributed by atoms with Gasteiger partial charge < -0.3 is 9.84 Å². The zero-order valence-electron chi connectivity index (χ0n) is 17.9. The van der Waals surface area contributed by atoms with Gasteiger partial charge in [-0.1, -0.05) is 76.7 Å². The van der Waals surface area contributed by atoms with Gasteiger partial charge in [0, 0.05) is 17.9 Å². The van der Waals surface area contributed by atoms with Crippen LogP contribution in [0.3, 0.4) is 0 Å². The lowest BCUT2D eigenvalue weighted by molar-refractivity contribution is -0.137. The number of hydrogen-bond acceptors (Lipinski definition) is 4. The van der Waals surface area contributed by atoms with Crippen molar-refractivity contribution < 1.29 is 14.6 Å². The molecule has 0 fully saturated rings. The molecule has 166 valence electrons. The van der Waals surface area contributed by atoms with Crippen molar-refractivity contribution in [3.05, 3.63) is 29.3 Å². The Morgan fingerprint density at radius 3 is 1.52 bits per heavy atom. The maximum Gasteiger partial charge on any atom is 0.303 e. The number of hydrogen-bond donors (Lipinski definition) is 3. The van der Waals surface area contributed by atoms with E-state index in [-0.39, 0.29) is 0 Å². The predicted molar refractivity (Wildman–Crippen MR) is 130 cm³/mol. The molecule has 0 heterocycles. The van der Waals surface area contributed by atoms with Gasteiger partial charge >= 0.3 is 5.97 Å². The van der Waals surface area contributed by atoms with Crippen LogP contribution in [0, 0.1) is 0 Å². The molecule has 0 unspecified atom stereocenters. The Hall–Kier alpha value is -0.810. The number of benzene rings is 1. The minimum atomic E-state index is -0.667. The number of thiol groups is 2. The Balaban J connectivity index is 1.87. The summed E-state index contributed by atoms with van der Waals surface area (Å²) in [6.07, 6.45) is 16.3. The normalized spacial score (nSPS) is 11.0. The summed E-state index contributed by atoms with van der Waals surface area (Å²) in [5.74, 6) is 1.73. The summed E-state index contributed by atoms with van der Waals surface area (Å²) in [6, 6.07) is 6.29. The van der Waals surface area contributed by atoms with Crippen molar-refractivity contribution in [2.45, 2.75) is 101 Å². The van der Waals surface area contributed by atoms with Crippen molar-refractivity contribution >= 4 is 31.2 Å². The average molecular weight is 441 g/mol. The average Bonchev–Trinajstić information content (AvgIpc) is 2.72. The van der Waals surface area contributed by atoms with Crippen LogP contribution in [0.15, 0.2) is 18.2 Å². The fraction of sp³-hybridized carbons (Fsp3) is 0.708. The zero-order chi connectivity index (χ0) is 21.2. The van der Waals surface area contributed by atoms with Crippen molar-refractivity contribution in [2.75, 3.05) is 6.61 Å². The first-order valence-corrected chi connectivity index (χ1v) is 12.6. The van der Waals surface area contributed by atoms with Crippen molar-refractivity contribution in [3.63, 3.8) is 0 Å². The summed E-state index contributed by atoms with van der Waals surface area (Å²) in [4.78, 5) is 10.4. The number of carboxylic acid groups (broad SMARTS) is 1. The summed E-state index contributed by atoms with van der Waals surface area (Å²) in [5.41, 5.74) is 2.38. The first-order valence-electron chi connectivity index (χ1n) is 11.3. The van der Waals surface area contributed by atoms with E-state index in [1.54, 1.807) is 0 Å². The Bertz CT molecular complexity index is 527. The van der Waals surface area contributed by atoms with Gasteiger partial charge in [-0.2, -0.15) is 25.3 Å². The molecular formula is C24H40O3S2. The van der Waals surface area contributed by atoms with E-state index in [9.17, 15) is 4.79 Å². The maximum absolute atomic E-state index is 10.4. The maximum atomic E-state index is 10.4. The summed E-state index contributed by atoms with van der Waals surface area (Å²) >= 11 is 8.70. The van der Waals surface area contributed by atoms with Gasteiger partial charge in [-0.3, -0.25) is 4.79 Å². The molecule has 0 atom stereocenters. The SMILES string of the molecule is O=C(O)CCCCCCCCCCCCCCCOc1cc(CS)cc(CS)c1. The second kappa shape index (κ2) is 18.0. The summed E-state index contributed by atoms with van der Waals surface area (Å²) in [6.45, 7) is 0.786. The predicted octanol–water partition coefficient (Wildman–Crippen LogP) is 7.47. The summed E-state index contributed by atoms with van der Waals surface area (Å²) < 4.78 is 5.91. The van der Waals surface area contributed by atoms with Gasteiger partial charge in [0.05, 0.1) is 6.61 Å². The summed E-state index contributed by atoms with van der Waals surface area (Å²) in [5, 5.41) is 8.59. The first kappa shape index (κ1) is 26.2. The lowest BCUT2D eigenvalue weighted by atomic mass is 10.0. The van der Waals surface area contributed by atoms with E-state index in [1.165, 1.54) is 75.3 Å². The molecular weight excluding hydrogens is 400 g/mol. The molecule has 1 rings (SSSR count). The number of carboxylic acids is 1.